The molecule has 0 aromatic carbocycles. The number of anilines is 1. The van der Waals surface area contributed by atoms with E-state index in [2.05, 4.69) is 39.0 Å². The van der Waals surface area contributed by atoms with Gasteiger partial charge in [0, 0.05) is 12.0 Å². The van der Waals surface area contributed by atoms with E-state index >= 15 is 0 Å². The molecule has 1 fully saturated rings. The minimum absolute atomic E-state index is 0.231. The Hall–Kier alpha value is -1.13. The summed E-state index contributed by atoms with van der Waals surface area (Å²) in [7, 11) is 0. The topological polar surface area (TPSA) is 37.8 Å². The molecule has 1 aliphatic carbocycles. The molecular weight excluding hydrogens is 266 g/mol. The van der Waals surface area contributed by atoms with Gasteiger partial charge in [-0.2, -0.15) is 11.3 Å². The normalized spacial score (nSPS) is 16.6. The van der Waals surface area contributed by atoms with Crippen molar-refractivity contribution in [1.82, 2.24) is 9.97 Å². The van der Waals surface area contributed by atoms with E-state index in [1.807, 2.05) is 0 Å². The molecule has 5 heteroatoms. The van der Waals surface area contributed by atoms with E-state index in [4.69, 9.17) is 11.6 Å². The van der Waals surface area contributed by atoms with Gasteiger partial charge in [0.15, 0.2) is 0 Å². The van der Waals surface area contributed by atoms with Crippen LogP contribution in [-0.4, -0.2) is 9.97 Å². The summed E-state index contributed by atoms with van der Waals surface area (Å²) in [5.74, 6) is 2.21. The van der Waals surface area contributed by atoms with Crippen LogP contribution in [-0.2, 0) is 0 Å². The molecule has 1 atom stereocenters. The lowest BCUT2D eigenvalue weighted by molar-refractivity contribution is 0.858. The second kappa shape index (κ2) is 4.86. The van der Waals surface area contributed by atoms with Gasteiger partial charge >= 0.3 is 0 Å². The zero-order chi connectivity index (χ0) is 12.5. The molecule has 1 N–H and O–H groups in total. The molecule has 2 heterocycles. The maximum Gasteiger partial charge on any atom is 0.135 e. The number of nitrogens with one attached hydrogen (secondary N) is 1. The predicted octanol–water partition coefficient (Wildman–Crippen LogP) is 4.24. The van der Waals surface area contributed by atoms with E-state index in [1.54, 1.807) is 17.4 Å². The number of rotatable bonds is 4. The molecule has 2 aromatic rings. The molecule has 1 aliphatic rings. The second-order valence-corrected chi connectivity index (χ2v) is 5.80. The van der Waals surface area contributed by atoms with Gasteiger partial charge in [0.05, 0.1) is 6.04 Å². The Morgan fingerprint density at radius 1 is 1.44 bits per heavy atom. The highest BCUT2D eigenvalue weighted by Gasteiger charge is 2.27. The van der Waals surface area contributed by atoms with Crippen molar-refractivity contribution in [2.45, 2.75) is 31.7 Å². The first-order chi connectivity index (χ1) is 8.72. The Labute approximate surface area is 115 Å². The third-order valence-electron chi connectivity index (χ3n) is 3.06. The zero-order valence-corrected chi connectivity index (χ0v) is 11.6. The molecule has 2 aromatic heterocycles. The van der Waals surface area contributed by atoms with Gasteiger partial charge in [-0.1, -0.05) is 11.6 Å². The lowest BCUT2D eigenvalue weighted by atomic mass is 10.2. The van der Waals surface area contributed by atoms with Crippen molar-refractivity contribution in [3.8, 4) is 0 Å². The summed E-state index contributed by atoms with van der Waals surface area (Å²) in [4.78, 5) is 8.82. The van der Waals surface area contributed by atoms with E-state index in [0.29, 0.717) is 11.1 Å². The van der Waals surface area contributed by atoms with Crippen molar-refractivity contribution in [2.75, 3.05) is 5.32 Å². The maximum absolute atomic E-state index is 6.04. The third-order valence-corrected chi connectivity index (χ3v) is 3.96. The smallest absolute Gasteiger partial charge is 0.135 e. The Balaban J connectivity index is 1.79. The van der Waals surface area contributed by atoms with Gasteiger partial charge in [-0.25, -0.2) is 9.97 Å². The number of hydrogen-bond acceptors (Lipinski definition) is 4. The fraction of sp³-hybridized carbons (Fsp3) is 0.385. The second-order valence-electron chi connectivity index (χ2n) is 4.63. The van der Waals surface area contributed by atoms with Gasteiger partial charge < -0.3 is 5.32 Å². The molecule has 0 saturated heterocycles. The van der Waals surface area contributed by atoms with Crippen molar-refractivity contribution in [3.05, 3.63) is 39.4 Å². The summed E-state index contributed by atoms with van der Waals surface area (Å²) >= 11 is 7.74. The Morgan fingerprint density at radius 3 is 2.94 bits per heavy atom. The Morgan fingerprint density at radius 2 is 2.28 bits per heavy atom. The van der Waals surface area contributed by atoms with Crippen LogP contribution in [0, 0.1) is 0 Å². The largest absolute Gasteiger partial charge is 0.363 e. The lowest BCUT2D eigenvalue weighted by Crippen LogP contribution is -2.08. The monoisotopic (exact) mass is 279 g/mol. The number of nitrogens with zero attached hydrogens (tertiary/aromatic N) is 2. The van der Waals surface area contributed by atoms with Gasteiger partial charge in [-0.05, 0) is 42.2 Å². The van der Waals surface area contributed by atoms with Crippen LogP contribution in [0.25, 0.3) is 0 Å². The molecule has 0 bridgehead atoms. The number of thiophene rings is 1. The quantitative estimate of drug-likeness (QED) is 0.851. The molecule has 0 spiro atoms. The first-order valence-electron chi connectivity index (χ1n) is 6.05. The van der Waals surface area contributed by atoms with Gasteiger partial charge in [0.25, 0.3) is 0 Å². The summed E-state index contributed by atoms with van der Waals surface area (Å²) in [5, 5.41) is 8.12. The highest BCUT2D eigenvalue weighted by Crippen LogP contribution is 2.39. The van der Waals surface area contributed by atoms with E-state index in [0.717, 1.165) is 11.6 Å². The molecular formula is C13H14ClN3S. The van der Waals surface area contributed by atoms with Crippen LogP contribution in [0.15, 0.2) is 22.9 Å². The number of halogens is 1. The third kappa shape index (κ3) is 2.65. The number of aromatic nitrogens is 2. The van der Waals surface area contributed by atoms with Crippen LogP contribution < -0.4 is 5.32 Å². The molecule has 1 unspecified atom stereocenters. The van der Waals surface area contributed by atoms with Crippen molar-refractivity contribution in [2.24, 2.45) is 0 Å². The van der Waals surface area contributed by atoms with E-state index in [1.165, 1.54) is 18.4 Å². The average Bonchev–Trinajstić information content (AvgIpc) is 3.03. The van der Waals surface area contributed by atoms with Gasteiger partial charge in [0.2, 0.25) is 0 Å². The highest BCUT2D eigenvalue weighted by atomic mass is 35.5. The van der Waals surface area contributed by atoms with Crippen LogP contribution >= 0.6 is 22.9 Å². The fourth-order valence-electron chi connectivity index (χ4n) is 1.86. The summed E-state index contributed by atoms with van der Waals surface area (Å²) in [5.41, 5.74) is 1.27. The molecule has 18 heavy (non-hydrogen) atoms. The van der Waals surface area contributed by atoms with Crippen LogP contribution in [0.5, 0.6) is 0 Å². The standard InChI is InChI=1S/C13H14ClN3S/c1-8(10-4-5-18-7-10)15-12-6-11(14)16-13(17-12)9-2-3-9/h4-9H,2-3H2,1H3,(H,15,16,17). The van der Waals surface area contributed by atoms with Crippen molar-refractivity contribution in [3.63, 3.8) is 0 Å². The molecule has 3 rings (SSSR count). The maximum atomic E-state index is 6.04. The summed E-state index contributed by atoms with van der Waals surface area (Å²) < 4.78 is 0. The molecule has 0 radical (unpaired) electrons. The van der Waals surface area contributed by atoms with Gasteiger partial charge in [0.1, 0.15) is 16.8 Å². The molecule has 0 aliphatic heterocycles. The Kier molecular flexibility index (Phi) is 3.22. The van der Waals surface area contributed by atoms with Gasteiger partial charge in [-0.15, -0.1) is 0 Å². The van der Waals surface area contributed by atoms with E-state index in [-0.39, 0.29) is 6.04 Å². The predicted molar refractivity (Wildman–Crippen MR) is 75.4 cm³/mol. The number of hydrogen-bond donors (Lipinski definition) is 1. The average molecular weight is 280 g/mol. The first-order valence-corrected chi connectivity index (χ1v) is 7.37. The van der Waals surface area contributed by atoms with E-state index in [9.17, 15) is 0 Å². The summed E-state index contributed by atoms with van der Waals surface area (Å²) in [6.45, 7) is 2.12. The minimum Gasteiger partial charge on any atom is -0.363 e. The minimum atomic E-state index is 0.231. The highest BCUT2D eigenvalue weighted by molar-refractivity contribution is 7.07. The van der Waals surface area contributed by atoms with Crippen LogP contribution in [0.3, 0.4) is 0 Å². The van der Waals surface area contributed by atoms with Crippen molar-refractivity contribution >= 4 is 28.8 Å². The van der Waals surface area contributed by atoms with Crippen molar-refractivity contribution < 1.29 is 0 Å². The SMILES string of the molecule is CC(Nc1cc(Cl)nc(C2CC2)n1)c1ccsc1. The Bertz CT molecular complexity index is 537. The van der Waals surface area contributed by atoms with Crippen LogP contribution in [0.2, 0.25) is 5.15 Å². The lowest BCUT2D eigenvalue weighted by Gasteiger charge is -2.14. The van der Waals surface area contributed by atoms with Crippen LogP contribution in [0.1, 0.15) is 43.1 Å². The first kappa shape index (κ1) is 11.9. The molecule has 0 amide bonds. The molecule has 94 valence electrons. The van der Waals surface area contributed by atoms with Crippen molar-refractivity contribution in [1.29, 1.82) is 0 Å². The molecule has 1 saturated carbocycles. The summed E-state index contributed by atoms with van der Waals surface area (Å²) in [6, 6.07) is 4.14. The molecule has 3 nitrogen and oxygen atoms in total. The van der Waals surface area contributed by atoms with E-state index < -0.39 is 0 Å². The fourth-order valence-corrected chi connectivity index (χ4v) is 2.80. The van der Waals surface area contributed by atoms with Crippen LogP contribution in [0.4, 0.5) is 5.82 Å². The zero-order valence-electron chi connectivity index (χ0n) is 10.1. The van der Waals surface area contributed by atoms with Gasteiger partial charge in [-0.3, -0.25) is 0 Å². The summed E-state index contributed by atoms with van der Waals surface area (Å²) in [6.07, 6.45) is 2.36.